The predicted octanol–water partition coefficient (Wildman–Crippen LogP) is -0.0826. The second kappa shape index (κ2) is 7.34. The van der Waals surface area contributed by atoms with Crippen molar-refractivity contribution in [3.8, 4) is 0 Å². The molecular weight excluding hydrogens is 246 g/mol. The van der Waals surface area contributed by atoms with Crippen LogP contribution in [0.1, 0.15) is 13.8 Å². The van der Waals surface area contributed by atoms with Crippen molar-refractivity contribution in [2.75, 3.05) is 49.3 Å². The van der Waals surface area contributed by atoms with E-state index in [2.05, 4.69) is 30.9 Å². The Bertz CT molecular complexity index is 422. The van der Waals surface area contributed by atoms with Crippen LogP contribution in [0, 0.1) is 0 Å². The molecule has 0 aliphatic carbocycles. The van der Waals surface area contributed by atoms with Crippen LogP contribution in [0.15, 0.2) is 0 Å². The SMILES string of the molecule is CCNc1nc(NCCNC(C)=O)nc(N(C)C)n1. The van der Waals surface area contributed by atoms with E-state index in [9.17, 15) is 4.79 Å². The van der Waals surface area contributed by atoms with Gasteiger partial charge in [0.2, 0.25) is 23.8 Å². The number of rotatable bonds is 7. The van der Waals surface area contributed by atoms with Crippen molar-refractivity contribution in [3.63, 3.8) is 0 Å². The zero-order valence-corrected chi connectivity index (χ0v) is 11.8. The molecule has 0 aromatic carbocycles. The molecule has 0 saturated heterocycles. The number of anilines is 3. The lowest BCUT2D eigenvalue weighted by Gasteiger charge is -2.13. The number of hydrogen-bond acceptors (Lipinski definition) is 7. The summed E-state index contributed by atoms with van der Waals surface area (Å²) in [6, 6.07) is 0. The van der Waals surface area contributed by atoms with Crippen LogP contribution in [0.5, 0.6) is 0 Å². The van der Waals surface area contributed by atoms with E-state index in [1.54, 1.807) is 0 Å². The van der Waals surface area contributed by atoms with Gasteiger partial charge in [0.15, 0.2) is 0 Å². The summed E-state index contributed by atoms with van der Waals surface area (Å²) in [5.74, 6) is 1.54. The molecule has 19 heavy (non-hydrogen) atoms. The number of amides is 1. The van der Waals surface area contributed by atoms with E-state index in [-0.39, 0.29) is 5.91 Å². The Morgan fingerprint density at radius 1 is 1.11 bits per heavy atom. The van der Waals surface area contributed by atoms with Crippen LogP contribution >= 0.6 is 0 Å². The largest absolute Gasteiger partial charge is 0.355 e. The number of nitrogens with zero attached hydrogens (tertiary/aromatic N) is 4. The van der Waals surface area contributed by atoms with Gasteiger partial charge < -0.3 is 20.9 Å². The fourth-order valence-corrected chi connectivity index (χ4v) is 1.29. The average Bonchev–Trinajstić information content (AvgIpc) is 2.34. The van der Waals surface area contributed by atoms with Gasteiger partial charge in [0.05, 0.1) is 0 Å². The smallest absolute Gasteiger partial charge is 0.231 e. The fourth-order valence-electron chi connectivity index (χ4n) is 1.29. The van der Waals surface area contributed by atoms with Crippen molar-refractivity contribution in [2.24, 2.45) is 0 Å². The number of carbonyl (C=O) groups excluding carboxylic acids is 1. The minimum Gasteiger partial charge on any atom is -0.355 e. The van der Waals surface area contributed by atoms with E-state index in [1.165, 1.54) is 6.92 Å². The molecule has 0 fully saturated rings. The third-order valence-electron chi connectivity index (χ3n) is 2.14. The second-order valence-corrected chi connectivity index (χ2v) is 4.12. The van der Waals surface area contributed by atoms with Crippen molar-refractivity contribution >= 4 is 23.8 Å². The molecule has 1 aromatic rings. The van der Waals surface area contributed by atoms with Crippen molar-refractivity contribution in [1.29, 1.82) is 0 Å². The van der Waals surface area contributed by atoms with Crippen LogP contribution in [-0.4, -0.2) is 54.6 Å². The molecule has 3 N–H and O–H groups in total. The molecule has 0 radical (unpaired) electrons. The van der Waals surface area contributed by atoms with Gasteiger partial charge in [-0.15, -0.1) is 0 Å². The lowest BCUT2D eigenvalue weighted by Crippen LogP contribution is -2.27. The summed E-state index contributed by atoms with van der Waals surface area (Å²) in [5, 5.41) is 8.80. The summed E-state index contributed by atoms with van der Waals surface area (Å²) >= 11 is 0. The molecular formula is C11H21N7O. The average molecular weight is 267 g/mol. The van der Waals surface area contributed by atoms with Gasteiger partial charge in [-0.1, -0.05) is 0 Å². The van der Waals surface area contributed by atoms with Gasteiger partial charge in [-0.3, -0.25) is 4.79 Å². The van der Waals surface area contributed by atoms with Gasteiger partial charge in [-0.25, -0.2) is 0 Å². The first-order chi connectivity index (χ1) is 9.02. The molecule has 8 nitrogen and oxygen atoms in total. The van der Waals surface area contributed by atoms with E-state index in [1.807, 2.05) is 25.9 Å². The first-order valence-corrected chi connectivity index (χ1v) is 6.18. The van der Waals surface area contributed by atoms with Crippen molar-refractivity contribution in [1.82, 2.24) is 20.3 Å². The Balaban J connectivity index is 2.67. The lowest BCUT2D eigenvalue weighted by molar-refractivity contribution is -0.118. The summed E-state index contributed by atoms with van der Waals surface area (Å²) in [5.41, 5.74) is 0. The molecule has 0 aliphatic heterocycles. The van der Waals surface area contributed by atoms with E-state index in [0.29, 0.717) is 30.9 Å². The normalized spacial score (nSPS) is 9.89. The quantitative estimate of drug-likeness (QED) is 0.595. The number of hydrogen-bond donors (Lipinski definition) is 3. The highest BCUT2D eigenvalue weighted by molar-refractivity contribution is 5.72. The topological polar surface area (TPSA) is 95.1 Å². The highest BCUT2D eigenvalue weighted by Crippen LogP contribution is 2.10. The third kappa shape index (κ3) is 5.36. The van der Waals surface area contributed by atoms with Gasteiger partial charge in [0.1, 0.15) is 0 Å². The monoisotopic (exact) mass is 267 g/mol. The molecule has 1 heterocycles. The molecule has 0 unspecified atom stereocenters. The van der Waals surface area contributed by atoms with Crippen LogP contribution in [-0.2, 0) is 4.79 Å². The number of carbonyl (C=O) groups is 1. The zero-order chi connectivity index (χ0) is 14.3. The third-order valence-corrected chi connectivity index (χ3v) is 2.14. The summed E-state index contributed by atoms with van der Waals surface area (Å²) in [4.78, 5) is 25.3. The Labute approximate surface area is 113 Å². The Morgan fingerprint density at radius 3 is 2.26 bits per heavy atom. The first-order valence-electron chi connectivity index (χ1n) is 6.18. The predicted molar refractivity (Wildman–Crippen MR) is 75.5 cm³/mol. The molecule has 0 bridgehead atoms. The van der Waals surface area contributed by atoms with Crippen LogP contribution in [0.2, 0.25) is 0 Å². The highest BCUT2D eigenvalue weighted by atomic mass is 16.1. The van der Waals surface area contributed by atoms with Crippen molar-refractivity contribution in [2.45, 2.75) is 13.8 Å². The first kappa shape index (κ1) is 14.9. The summed E-state index contributed by atoms with van der Waals surface area (Å²) < 4.78 is 0. The molecule has 0 saturated carbocycles. The van der Waals surface area contributed by atoms with Gasteiger partial charge >= 0.3 is 0 Å². The molecule has 0 spiro atoms. The molecule has 8 heteroatoms. The molecule has 0 aliphatic rings. The number of nitrogens with one attached hydrogen (secondary N) is 3. The number of aromatic nitrogens is 3. The maximum Gasteiger partial charge on any atom is 0.231 e. The van der Waals surface area contributed by atoms with Crippen LogP contribution in [0.3, 0.4) is 0 Å². The lowest BCUT2D eigenvalue weighted by atomic mass is 10.5. The maximum absolute atomic E-state index is 10.7. The molecule has 1 aromatic heterocycles. The zero-order valence-electron chi connectivity index (χ0n) is 11.8. The Morgan fingerprint density at radius 2 is 1.74 bits per heavy atom. The van der Waals surface area contributed by atoms with E-state index in [0.717, 1.165) is 6.54 Å². The van der Waals surface area contributed by atoms with Crippen LogP contribution < -0.4 is 20.9 Å². The van der Waals surface area contributed by atoms with Crippen molar-refractivity contribution in [3.05, 3.63) is 0 Å². The van der Waals surface area contributed by atoms with Gasteiger partial charge in [-0.05, 0) is 6.92 Å². The Hall–Kier alpha value is -2.12. The second-order valence-electron chi connectivity index (χ2n) is 4.12. The van der Waals surface area contributed by atoms with Gasteiger partial charge in [-0.2, -0.15) is 15.0 Å². The minimum absolute atomic E-state index is 0.0558. The molecule has 106 valence electrons. The minimum atomic E-state index is -0.0558. The van der Waals surface area contributed by atoms with Crippen molar-refractivity contribution < 1.29 is 4.79 Å². The summed E-state index contributed by atoms with van der Waals surface area (Å²) in [6.07, 6.45) is 0. The van der Waals surface area contributed by atoms with Crippen LogP contribution in [0.4, 0.5) is 17.8 Å². The highest BCUT2D eigenvalue weighted by Gasteiger charge is 2.07. The van der Waals surface area contributed by atoms with Crippen LogP contribution in [0.25, 0.3) is 0 Å². The summed E-state index contributed by atoms with van der Waals surface area (Å²) in [6.45, 7) is 5.28. The molecule has 1 rings (SSSR count). The van der Waals surface area contributed by atoms with Gasteiger partial charge in [0, 0.05) is 40.7 Å². The van der Waals surface area contributed by atoms with E-state index < -0.39 is 0 Å². The maximum atomic E-state index is 10.7. The summed E-state index contributed by atoms with van der Waals surface area (Å²) in [7, 11) is 3.73. The molecule has 1 amide bonds. The van der Waals surface area contributed by atoms with Gasteiger partial charge in [0.25, 0.3) is 0 Å². The van der Waals surface area contributed by atoms with E-state index in [4.69, 9.17) is 0 Å². The Kier molecular flexibility index (Phi) is 5.77. The molecule has 0 atom stereocenters. The standard InChI is InChI=1S/C11H21N7O/c1-5-12-9-15-10(14-7-6-13-8(2)19)17-11(16-9)18(3)4/h5-7H2,1-4H3,(H,13,19)(H2,12,14,15,16,17). The van der Waals surface area contributed by atoms with E-state index >= 15 is 0 Å². The fraction of sp³-hybridized carbons (Fsp3) is 0.636.